The number of benzene rings is 1. The van der Waals surface area contributed by atoms with Crippen LogP contribution in [0.25, 0.3) is 0 Å². The number of hydrogen-bond acceptors (Lipinski definition) is 5. The zero-order valence-electron chi connectivity index (χ0n) is 11.3. The van der Waals surface area contributed by atoms with Gasteiger partial charge in [0.05, 0.1) is 11.4 Å². The summed E-state index contributed by atoms with van der Waals surface area (Å²) in [7, 11) is -3.77. The molecule has 0 atom stereocenters. The van der Waals surface area contributed by atoms with E-state index in [1.807, 2.05) is 6.07 Å². The van der Waals surface area contributed by atoms with Crippen molar-refractivity contribution < 1.29 is 8.42 Å². The average Bonchev–Trinajstić information content (AvgIpc) is 3.22. The molecule has 1 aromatic carbocycles. The number of nitrogens with two attached hydrogens (primary N) is 2. The molecule has 0 unspecified atom stereocenters. The third-order valence-corrected chi connectivity index (χ3v) is 5.04. The third kappa shape index (κ3) is 2.61. The van der Waals surface area contributed by atoms with Gasteiger partial charge in [0.15, 0.2) is 0 Å². The first-order chi connectivity index (χ1) is 9.47. The van der Waals surface area contributed by atoms with Crippen molar-refractivity contribution >= 4 is 21.4 Å². The lowest BCUT2D eigenvalue weighted by Gasteiger charge is -2.36. The highest BCUT2D eigenvalue weighted by Gasteiger charge is 2.31. The molecule has 0 bridgehead atoms. The molecule has 110 valence electrons. The molecule has 0 radical (unpaired) electrons. The molecule has 2 aliphatic rings. The van der Waals surface area contributed by atoms with Crippen molar-refractivity contribution in [3.8, 4) is 0 Å². The summed E-state index contributed by atoms with van der Waals surface area (Å²) in [6, 6.07) is 5.77. The van der Waals surface area contributed by atoms with E-state index in [-0.39, 0.29) is 10.6 Å². The molecule has 1 aliphatic carbocycles. The number of piperazine rings is 1. The van der Waals surface area contributed by atoms with Gasteiger partial charge in [0.25, 0.3) is 0 Å². The number of sulfonamides is 1. The Balaban J connectivity index is 1.81. The fourth-order valence-corrected chi connectivity index (χ4v) is 3.50. The lowest BCUT2D eigenvalue weighted by atomic mass is 10.2. The molecule has 0 spiro atoms. The van der Waals surface area contributed by atoms with Crippen LogP contribution in [0.5, 0.6) is 0 Å². The topological polar surface area (TPSA) is 92.7 Å². The van der Waals surface area contributed by atoms with Crippen LogP contribution in [0.1, 0.15) is 12.8 Å². The highest BCUT2D eigenvalue weighted by atomic mass is 32.2. The third-order valence-electron chi connectivity index (χ3n) is 4.07. The molecule has 1 aliphatic heterocycles. The van der Waals surface area contributed by atoms with Crippen molar-refractivity contribution in [2.45, 2.75) is 23.8 Å². The molecule has 0 aromatic heterocycles. The molecule has 1 aromatic rings. The van der Waals surface area contributed by atoms with Crippen LogP contribution in [0.2, 0.25) is 0 Å². The molecule has 6 nitrogen and oxygen atoms in total. The van der Waals surface area contributed by atoms with Crippen molar-refractivity contribution in [3.63, 3.8) is 0 Å². The Hall–Kier alpha value is -1.31. The van der Waals surface area contributed by atoms with Crippen molar-refractivity contribution in [1.82, 2.24) is 4.90 Å². The summed E-state index contributed by atoms with van der Waals surface area (Å²) in [5.74, 6) is 0. The number of rotatable bonds is 3. The summed E-state index contributed by atoms with van der Waals surface area (Å²) in [4.78, 5) is 4.65. The number of anilines is 2. The Bertz CT molecular complexity index is 605. The van der Waals surface area contributed by atoms with E-state index in [2.05, 4.69) is 9.80 Å². The molecule has 1 saturated heterocycles. The van der Waals surface area contributed by atoms with Gasteiger partial charge in [0.1, 0.15) is 4.90 Å². The van der Waals surface area contributed by atoms with Crippen molar-refractivity contribution in [2.75, 3.05) is 36.8 Å². The number of nitrogens with zero attached hydrogens (tertiary/aromatic N) is 2. The van der Waals surface area contributed by atoms with Crippen LogP contribution in [0.3, 0.4) is 0 Å². The summed E-state index contributed by atoms with van der Waals surface area (Å²) in [5, 5.41) is 5.19. The van der Waals surface area contributed by atoms with Crippen molar-refractivity contribution in [3.05, 3.63) is 18.2 Å². The second kappa shape index (κ2) is 4.91. The van der Waals surface area contributed by atoms with E-state index in [0.717, 1.165) is 37.9 Å². The van der Waals surface area contributed by atoms with Crippen LogP contribution in [-0.2, 0) is 10.0 Å². The minimum Gasteiger partial charge on any atom is -0.396 e. The lowest BCUT2D eigenvalue weighted by molar-refractivity contribution is 0.248. The number of nitrogen functional groups attached to an aromatic ring is 1. The first-order valence-electron chi connectivity index (χ1n) is 6.87. The quantitative estimate of drug-likeness (QED) is 0.777. The van der Waals surface area contributed by atoms with Gasteiger partial charge in [-0.1, -0.05) is 6.07 Å². The molecule has 1 saturated carbocycles. The van der Waals surface area contributed by atoms with Gasteiger partial charge in [0.2, 0.25) is 10.0 Å². The van der Waals surface area contributed by atoms with Crippen LogP contribution in [-0.4, -0.2) is 45.5 Å². The maximum Gasteiger partial charge on any atom is 0.240 e. The van der Waals surface area contributed by atoms with Gasteiger partial charge in [0, 0.05) is 32.2 Å². The van der Waals surface area contributed by atoms with Gasteiger partial charge in [-0.3, -0.25) is 4.90 Å². The second-order valence-electron chi connectivity index (χ2n) is 5.49. The maximum absolute atomic E-state index is 11.5. The normalized spacial score (nSPS) is 21.1. The monoisotopic (exact) mass is 296 g/mol. The summed E-state index contributed by atoms with van der Waals surface area (Å²) in [6.45, 7) is 3.75. The zero-order chi connectivity index (χ0) is 14.3. The Morgan fingerprint density at radius 1 is 1.10 bits per heavy atom. The predicted molar refractivity (Wildman–Crippen MR) is 79.0 cm³/mol. The van der Waals surface area contributed by atoms with E-state index in [0.29, 0.717) is 0 Å². The highest BCUT2D eigenvalue weighted by molar-refractivity contribution is 7.89. The minimum atomic E-state index is -3.77. The van der Waals surface area contributed by atoms with Crippen molar-refractivity contribution in [2.24, 2.45) is 5.14 Å². The van der Waals surface area contributed by atoms with Gasteiger partial charge >= 0.3 is 0 Å². The van der Waals surface area contributed by atoms with Crippen LogP contribution < -0.4 is 15.8 Å². The fraction of sp³-hybridized carbons (Fsp3) is 0.538. The van der Waals surface area contributed by atoms with Crippen LogP contribution in [0, 0.1) is 0 Å². The highest BCUT2D eigenvalue weighted by Crippen LogP contribution is 2.32. The molecular weight excluding hydrogens is 276 g/mol. The molecule has 7 heteroatoms. The number of para-hydroxylation sites is 1. The lowest BCUT2D eigenvalue weighted by Crippen LogP contribution is -2.47. The van der Waals surface area contributed by atoms with Crippen LogP contribution >= 0.6 is 0 Å². The van der Waals surface area contributed by atoms with E-state index in [1.165, 1.54) is 18.9 Å². The van der Waals surface area contributed by atoms with E-state index < -0.39 is 10.0 Å². The standard InChI is InChI=1S/C13H20N4O2S/c14-13-11(2-1-3-12(13)20(15,18)19)17-8-6-16(7-9-17)10-4-5-10/h1-3,10H,4-9,14H2,(H2,15,18,19). The number of hydrogen-bond donors (Lipinski definition) is 2. The average molecular weight is 296 g/mol. The molecule has 4 N–H and O–H groups in total. The van der Waals surface area contributed by atoms with Gasteiger partial charge in [-0.05, 0) is 25.0 Å². The van der Waals surface area contributed by atoms with Crippen LogP contribution in [0.4, 0.5) is 11.4 Å². The summed E-state index contributed by atoms with van der Waals surface area (Å²) in [6.07, 6.45) is 2.62. The Kier molecular flexibility index (Phi) is 3.35. The fourth-order valence-electron chi connectivity index (χ4n) is 2.82. The van der Waals surface area contributed by atoms with E-state index in [1.54, 1.807) is 6.07 Å². The van der Waals surface area contributed by atoms with Gasteiger partial charge < -0.3 is 10.6 Å². The smallest absolute Gasteiger partial charge is 0.240 e. The predicted octanol–water partition coefficient (Wildman–Crippen LogP) is 0.201. The minimum absolute atomic E-state index is 0.0135. The van der Waals surface area contributed by atoms with Gasteiger partial charge in [-0.15, -0.1) is 0 Å². The van der Waals surface area contributed by atoms with Gasteiger partial charge in [-0.2, -0.15) is 0 Å². The van der Waals surface area contributed by atoms with E-state index >= 15 is 0 Å². The summed E-state index contributed by atoms with van der Waals surface area (Å²) in [5.41, 5.74) is 7.02. The Labute approximate surface area is 119 Å². The molecule has 0 amide bonds. The Morgan fingerprint density at radius 3 is 2.30 bits per heavy atom. The second-order valence-corrected chi connectivity index (χ2v) is 7.02. The maximum atomic E-state index is 11.5. The van der Waals surface area contributed by atoms with Crippen LogP contribution in [0.15, 0.2) is 23.1 Å². The number of primary sulfonamides is 1. The summed E-state index contributed by atoms with van der Waals surface area (Å²) >= 11 is 0. The molecule has 2 fully saturated rings. The molecule has 20 heavy (non-hydrogen) atoms. The van der Waals surface area contributed by atoms with Crippen molar-refractivity contribution in [1.29, 1.82) is 0 Å². The first kappa shape index (κ1) is 13.7. The SMILES string of the molecule is Nc1c(N2CCN(C3CC3)CC2)cccc1S(N)(=O)=O. The molecule has 1 heterocycles. The largest absolute Gasteiger partial charge is 0.396 e. The summed E-state index contributed by atoms with van der Waals surface area (Å²) < 4.78 is 23.0. The van der Waals surface area contributed by atoms with Gasteiger partial charge in [-0.25, -0.2) is 13.6 Å². The zero-order valence-corrected chi connectivity index (χ0v) is 12.1. The molecular formula is C13H20N4O2S. The van der Waals surface area contributed by atoms with E-state index in [4.69, 9.17) is 10.9 Å². The Morgan fingerprint density at radius 2 is 1.75 bits per heavy atom. The first-order valence-corrected chi connectivity index (χ1v) is 8.42. The molecule has 3 rings (SSSR count). The van der Waals surface area contributed by atoms with E-state index in [9.17, 15) is 8.42 Å².